The molecule has 0 saturated heterocycles. The fourth-order valence-corrected chi connectivity index (χ4v) is 2.93. The third-order valence-corrected chi connectivity index (χ3v) is 4.55. The number of carbonyl (C=O) groups excluding carboxylic acids is 1. The molecule has 0 atom stereocenters. The molecule has 0 bridgehead atoms. The highest BCUT2D eigenvalue weighted by Crippen LogP contribution is 2.20. The summed E-state index contributed by atoms with van der Waals surface area (Å²) in [5, 5.41) is 6.18. The van der Waals surface area contributed by atoms with Crippen LogP contribution in [0.25, 0.3) is 11.1 Å². The van der Waals surface area contributed by atoms with Gasteiger partial charge in [-0.05, 0) is 41.0 Å². The van der Waals surface area contributed by atoms with Crippen molar-refractivity contribution in [2.24, 2.45) is 0 Å². The summed E-state index contributed by atoms with van der Waals surface area (Å²) in [7, 11) is 0. The van der Waals surface area contributed by atoms with Crippen LogP contribution in [-0.2, 0) is 6.61 Å². The van der Waals surface area contributed by atoms with Crippen molar-refractivity contribution in [3.63, 3.8) is 0 Å². The minimum Gasteiger partial charge on any atom is -0.489 e. The Hall–Kier alpha value is -3.11. The molecule has 29 heavy (non-hydrogen) atoms. The molecule has 150 valence electrons. The molecule has 3 rings (SSSR count). The van der Waals surface area contributed by atoms with Gasteiger partial charge in [0, 0.05) is 24.7 Å². The SMILES string of the molecule is CC(C)NCCNC(=O)c1ccc(OCc2ccc(-c3ccccc3)cc2)cc1. The predicted molar refractivity (Wildman–Crippen MR) is 118 cm³/mol. The van der Waals surface area contributed by atoms with Gasteiger partial charge in [0.2, 0.25) is 0 Å². The summed E-state index contributed by atoms with van der Waals surface area (Å²) in [6.07, 6.45) is 0. The maximum Gasteiger partial charge on any atom is 0.251 e. The van der Waals surface area contributed by atoms with E-state index in [1.165, 1.54) is 11.1 Å². The lowest BCUT2D eigenvalue weighted by Gasteiger charge is -2.10. The van der Waals surface area contributed by atoms with E-state index in [0.29, 0.717) is 24.8 Å². The van der Waals surface area contributed by atoms with Crippen LogP contribution in [0.15, 0.2) is 78.9 Å². The van der Waals surface area contributed by atoms with Crippen LogP contribution in [0.2, 0.25) is 0 Å². The van der Waals surface area contributed by atoms with Crippen molar-refractivity contribution in [2.75, 3.05) is 13.1 Å². The van der Waals surface area contributed by atoms with Gasteiger partial charge in [-0.3, -0.25) is 4.79 Å². The maximum absolute atomic E-state index is 12.1. The lowest BCUT2D eigenvalue weighted by Crippen LogP contribution is -2.34. The molecule has 4 heteroatoms. The smallest absolute Gasteiger partial charge is 0.251 e. The van der Waals surface area contributed by atoms with Gasteiger partial charge < -0.3 is 15.4 Å². The second kappa shape index (κ2) is 10.4. The van der Waals surface area contributed by atoms with Gasteiger partial charge in [0.05, 0.1) is 0 Å². The van der Waals surface area contributed by atoms with E-state index < -0.39 is 0 Å². The molecule has 0 radical (unpaired) electrons. The van der Waals surface area contributed by atoms with Crippen LogP contribution < -0.4 is 15.4 Å². The third-order valence-electron chi connectivity index (χ3n) is 4.55. The Bertz CT molecular complexity index is 888. The molecule has 3 aromatic rings. The molecular weight excluding hydrogens is 360 g/mol. The second-order valence-electron chi connectivity index (χ2n) is 7.24. The molecule has 0 saturated carbocycles. The zero-order chi connectivity index (χ0) is 20.5. The van der Waals surface area contributed by atoms with Crippen molar-refractivity contribution < 1.29 is 9.53 Å². The number of benzene rings is 3. The Labute approximate surface area is 172 Å². The van der Waals surface area contributed by atoms with Crippen molar-refractivity contribution in [2.45, 2.75) is 26.5 Å². The molecule has 0 aliphatic rings. The van der Waals surface area contributed by atoms with E-state index in [4.69, 9.17) is 4.74 Å². The van der Waals surface area contributed by atoms with Crippen molar-refractivity contribution in [3.8, 4) is 16.9 Å². The van der Waals surface area contributed by atoms with Crippen molar-refractivity contribution in [1.82, 2.24) is 10.6 Å². The van der Waals surface area contributed by atoms with Gasteiger partial charge in [-0.1, -0.05) is 68.4 Å². The molecule has 1 amide bonds. The van der Waals surface area contributed by atoms with E-state index >= 15 is 0 Å². The van der Waals surface area contributed by atoms with E-state index in [2.05, 4.69) is 60.9 Å². The van der Waals surface area contributed by atoms with Gasteiger partial charge in [0.1, 0.15) is 12.4 Å². The maximum atomic E-state index is 12.1. The largest absolute Gasteiger partial charge is 0.489 e. The molecule has 0 heterocycles. The Kier molecular flexibility index (Phi) is 7.42. The Morgan fingerprint density at radius 2 is 1.48 bits per heavy atom. The molecule has 0 unspecified atom stereocenters. The van der Waals surface area contributed by atoms with Gasteiger partial charge >= 0.3 is 0 Å². The van der Waals surface area contributed by atoms with Crippen molar-refractivity contribution >= 4 is 5.91 Å². The van der Waals surface area contributed by atoms with Gasteiger partial charge in [0.15, 0.2) is 0 Å². The zero-order valence-electron chi connectivity index (χ0n) is 17.0. The van der Waals surface area contributed by atoms with Crippen LogP contribution in [-0.4, -0.2) is 25.0 Å². The average molecular weight is 389 g/mol. The number of hydrogen-bond donors (Lipinski definition) is 2. The molecule has 3 aromatic carbocycles. The van der Waals surface area contributed by atoms with Gasteiger partial charge in [0.25, 0.3) is 5.91 Å². The molecule has 0 aliphatic heterocycles. The highest BCUT2D eigenvalue weighted by Gasteiger charge is 2.05. The van der Waals surface area contributed by atoms with E-state index in [1.807, 2.05) is 30.3 Å². The Morgan fingerprint density at radius 3 is 2.14 bits per heavy atom. The van der Waals surface area contributed by atoms with Crippen LogP contribution in [0.1, 0.15) is 29.8 Å². The number of amides is 1. The molecule has 4 nitrogen and oxygen atoms in total. The molecular formula is C25H28N2O2. The number of hydrogen-bond acceptors (Lipinski definition) is 3. The van der Waals surface area contributed by atoms with Gasteiger partial charge in [-0.25, -0.2) is 0 Å². The molecule has 0 aliphatic carbocycles. The highest BCUT2D eigenvalue weighted by atomic mass is 16.5. The Balaban J connectivity index is 1.48. The number of nitrogens with one attached hydrogen (secondary N) is 2. The summed E-state index contributed by atoms with van der Waals surface area (Å²) in [5.74, 6) is 0.675. The lowest BCUT2D eigenvalue weighted by atomic mass is 10.0. The first-order valence-electron chi connectivity index (χ1n) is 10.0. The summed E-state index contributed by atoms with van der Waals surface area (Å²) in [6, 6.07) is 26.3. The van der Waals surface area contributed by atoms with Crippen LogP contribution in [0, 0.1) is 0 Å². The van der Waals surface area contributed by atoms with Gasteiger partial charge in [-0.2, -0.15) is 0 Å². The summed E-state index contributed by atoms with van der Waals surface area (Å²) in [6.45, 7) is 6.01. The summed E-state index contributed by atoms with van der Waals surface area (Å²) in [4.78, 5) is 12.1. The summed E-state index contributed by atoms with van der Waals surface area (Å²) in [5.41, 5.74) is 4.13. The number of carbonyl (C=O) groups is 1. The standard InChI is InChI=1S/C25H28N2O2/c1-19(2)26-16-17-27-25(28)23-12-14-24(15-13-23)29-18-20-8-10-22(11-9-20)21-6-4-3-5-7-21/h3-15,19,26H,16-18H2,1-2H3,(H,27,28). The molecule has 2 N–H and O–H groups in total. The normalized spacial score (nSPS) is 10.7. The molecule has 0 fully saturated rings. The van der Waals surface area contributed by atoms with Crippen molar-refractivity contribution in [3.05, 3.63) is 90.0 Å². The topological polar surface area (TPSA) is 50.4 Å². The fourth-order valence-electron chi connectivity index (χ4n) is 2.93. The van der Waals surface area contributed by atoms with Crippen LogP contribution in [0.3, 0.4) is 0 Å². The first-order chi connectivity index (χ1) is 14.1. The second-order valence-corrected chi connectivity index (χ2v) is 7.24. The molecule has 0 aromatic heterocycles. The quantitative estimate of drug-likeness (QED) is 0.524. The van der Waals surface area contributed by atoms with Gasteiger partial charge in [-0.15, -0.1) is 0 Å². The minimum atomic E-state index is -0.0707. The van der Waals surface area contributed by atoms with Crippen LogP contribution in [0.4, 0.5) is 0 Å². The number of ether oxygens (including phenoxy) is 1. The first kappa shape index (κ1) is 20.6. The fraction of sp³-hybridized carbons (Fsp3) is 0.240. The molecule has 0 spiro atoms. The van der Waals surface area contributed by atoms with E-state index in [-0.39, 0.29) is 5.91 Å². The average Bonchev–Trinajstić information content (AvgIpc) is 2.76. The van der Waals surface area contributed by atoms with E-state index in [1.54, 1.807) is 12.1 Å². The lowest BCUT2D eigenvalue weighted by molar-refractivity contribution is 0.0953. The van der Waals surface area contributed by atoms with E-state index in [9.17, 15) is 4.79 Å². The van der Waals surface area contributed by atoms with Crippen LogP contribution in [0.5, 0.6) is 5.75 Å². The van der Waals surface area contributed by atoms with E-state index in [0.717, 1.165) is 17.9 Å². The number of rotatable bonds is 9. The predicted octanol–water partition coefficient (Wildman–Crippen LogP) is 4.66. The minimum absolute atomic E-state index is 0.0707. The summed E-state index contributed by atoms with van der Waals surface area (Å²) >= 11 is 0. The third kappa shape index (κ3) is 6.47. The Morgan fingerprint density at radius 1 is 0.828 bits per heavy atom. The van der Waals surface area contributed by atoms with Crippen molar-refractivity contribution in [1.29, 1.82) is 0 Å². The van der Waals surface area contributed by atoms with Crippen LogP contribution >= 0.6 is 0 Å². The first-order valence-corrected chi connectivity index (χ1v) is 10.0. The highest BCUT2D eigenvalue weighted by molar-refractivity contribution is 5.94. The zero-order valence-corrected chi connectivity index (χ0v) is 17.0. The summed E-state index contributed by atoms with van der Waals surface area (Å²) < 4.78 is 5.86. The monoisotopic (exact) mass is 388 g/mol.